The van der Waals surface area contributed by atoms with E-state index in [1.54, 1.807) is 0 Å². The minimum absolute atomic E-state index is 0.0521. The molecule has 0 N–H and O–H groups in total. The van der Waals surface area contributed by atoms with E-state index in [1.165, 1.54) is 68.0 Å². The highest BCUT2D eigenvalue weighted by Crippen LogP contribution is 2.53. The topological polar surface area (TPSA) is 43.6 Å². The fourth-order valence-electron chi connectivity index (χ4n) is 6.52. The molecule has 0 saturated carbocycles. The highest BCUT2D eigenvalue weighted by atomic mass is 15.0. The summed E-state index contributed by atoms with van der Waals surface area (Å²) in [5.41, 5.74) is 12.4. The summed E-state index contributed by atoms with van der Waals surface area (Å²) in [6, 6.07) is 39.6. The van der Waals surface area contributed by atoms with Crippen LogP contribution in [-0.4, -0.2) is 19.5 Å². The van der Waals surface area contributed by atoms with Crippen LogP contribution in [0.3, 0.4) is 0 Å². The number of rotatable bonds is 3. The zero-order valence-corrected chi connectivity index (χ0v) is 22.3. The van der Waals surface area contributed by atoms with Gasteiger partial charge >= 0.3 is 0 Å². The van der Waals surface area contributed by atoms with Gasteiger partial charge in [-0.1, -0.05) is 98.8 Å². The third-order valence-electron chi connectivity index (χ3n) is 8.46. The smallest absolute Gasteiger partial charge is 0.162 e. The van der Waals surface area contributed by atoms with Crippen molar-refractivity contribution >= 4 is 21.8 Å². The van der Waals surface area contributed by atoms with Crippen molar-refractivity contribution in [3.8, 4) is 39.3 Å². The van der Waals surface area contributed by atoms with E-state index in [0.717, 1.165) is 11.1 Å². The van der Waals surface area contributed by atoms with Gasteiger partial charge in [0, 0.05) is 33.0 Å². The number of fused-ring (bicyclic) bond motifs is 7. The molecule has 0 atom stereocenters. The molecule has 40 heavy (non-hydrogen) atoms. The molecule has 4 heteroatoms. The summed E-state index contributed by atoms with van der Waals surface area (Å²) < 4.78 is 2.45. The van der Waals surface area contributed by atoms with E-state index < -0.39 is 0 Å². The molecule has 5 aromatic carbocycles. The molecule has 0 amide bonds. The SMILES string of the molecule is CC1(C)c2ccccc2-c2c1ccc1c3cc(-c4ccc(-c5ncncn5)cc4)ccc3n(-c3ccccc3)c21. The van der Waals surface area contributed by atoms with Gasteiger partial charge in [-0.25, -0.2) is 15.0 Å². The van der Waals surface area contributed by atoms with Gasteiger partial charge < -0.3 is 4.57 Å². The Bertz CT molecular complexity index is 2050. The number of aromatic nitrogens is 4. The summed E-state index contributed by atoms with van der Waals surface area (Å²) in [7, 11) is 0. The van der Waals surface area contributed by atoms with E-state index in [1.807, 2.05) is 0 Å². The molecular weight excluding hydrogens is 488 g/mol. The van der Waals surface area contributed by atoms with Crippen LogP contribution >= 0.6 is 0 Å². The van der Waals surface area contributed by atoms with Crippen molar-refractivity contribution in [3.63, 3.8) is 0 Å². The average Bonchev–Trinajstić information content (AvgIpc) is 3.47. The first-order valence-electron chi connectivity index (χ1n) is 13.6. The van der Waals surface area contributed by atoms with Gasteiger partial charge in [0.2, 0.25) is 0 Å². The van der Waals surface area contributed by atoms with Crippen LogP contribution in [0.25, 0.3) is 61.1 Å². The first-order valence-corrected chi connectivity index (χ1v) is 13.6. The maximum absolute atomic E-state index is 4.29. The van der Waals surface area contributed by atoms with Gasteiger partial charge in [-0.2, -0.15) is 0 Å². The van der Waals surface area contributed by atoms with Crippen molar-refractivity contribution in [2.75, 3.05) is 0 Å². The molecule has 2 heterocycles. The fourth-order valence-corrected chi connectivity index (χ4v) is 6.52. The Morgan fingerprint density at radius 1 is 0.600 bits per heavy atom. The van der Waals surface area contributed by atoms with Gasteiger partial charge in [0.25, 0.3) is 0 Å². The predicted octanol–water partition coefficient (Wildman–Crippen LogP) is 8.61. The minimum atomic E-state index is -0.0521. The number of nitrogens with zero attached hydrogens (tertiary/aromatic N) is 4. The van der Waals surface area contributed by atoms with Gasteiger partial charge in [-0.15, -0.1) is 0 Å². The highest BCUT2D eigenvalue weighted by Gasteiger charge is 2.37. The van der Waals surface area contributed by atoms with Crippen LogP contribution in [0.1, 0.15) is 25.0 Å². The molecule has 0 radical (unpaired) electrons. The lowest BCUT2D eigenvalue weighted by atomic mass is 9.82. The zero-order valence-electron chi connectivity index (χ0n) is 22.3. The lowest BCUT2D eigenvalue weighted by Crippen LogP contribution is -2.14. The Hall–Kier alpha value is -5.09. The Labute approximate surface area is 232 Å². The zero-order chi connectivity index (χ0) is 26.8. The molecule has 0 saturated heterocycles. The summed E-state index contributed by atoms with van der Waals surface area (Å²) in [5, 5.41) is 2.52. The van der Waals surface area contributed by atoms with E-state index in [-0.39, 0.29) is 5.41 Å². The lowest BCUT2D eigenvalue weighted by molar-refractivity contribution is 0.661. The molecule has 7 aromatic rings. The van der Waals surface area contributed by atoms with Crippen LogP contribution in [0.4, 0.5) is 0 Å². The van der Waals surface area contributed by atoms with Crippen LogP contribution < -0.4 is 0 Å². The standard InChI is InChI=1S/C36H26N4/c1-36(2)30-11-7-6-10-28(30)33-31(36)18-17-27-29-20-25(23-12-14-24(15-13-23)35-38-21-37-22-39-35)16-19-32(29)40(34(27)33)26-8-4-3-5-9-26/h3-22H,1-2H3. The fraction of sp³-hybridized carbons (Fsp3) is 0.0833. The van der Waals surface area contributed by atoms with Crippen LogP contribution in [0.2, 0.25) is 0 Å². The monoisotopic (exact) mass is 514 g/mol. The molecule has 0 spiro atoms. The second-order valence-corrected chi connectivity index (χ2v) is 11.0. The molecule has 0 fully saturated rings. The maximum atomic E-state index is 4.29. The molecule has 0 bridgehead atoms. The van der Waals surface area contributed by atoms with Gasteiger partial charge in [-0.3, -0.25) is 0 Å². The Balaban J connectivity index is 1.39. The summed E-state index contributed by atoms with van der Waals surface area (Å²) in [5.74, 6) is 0.681. The number of para-hydroxylation sites is 1. The summed E-state index contributed by atoms with van der Waals surface area (Å²) in [4.78, 5) is 12.5. The molecule has 0 aliphatic heterocycles. The minimum Gasteiger partial charge on any atom is -0.309 e. The Morgan fingerprint density at radius 3 is 2.10 bits per heavy atom. The summed E-state index contributed by atoms with van der Waals surface area (Å²) in [6.45, 7) is 4.69. The van der Waals surface area contributed by atoms with Crippen LogP contribution in [-0.2, 0) is 5.41 Å². The van der Waals surface area contributed by atoms with E-state index in [0.29, 0.717) is 5.82 Å². The largest absolute Gasteiger partial charge is 0.309 e. The highest BCUT2D eigenvalue weighted by molar-refractivity contribution is 6.16. The van der Waals surface area contributed by atoms with E-state index in [2.05, 4.69) is 143 Å². The van der Waals surface area contributed by atoms with Crippen molar-refractivity contribution in [2.24, 2.45) is 0 Å². The van der Waals surface area contributed by atoms with Crippen LogP contribution in [0.15, 0.2) is 122 Å². The van der Waals surface area contributed by atoms with Crippen molar-refractivity contribution in [3.05, 3.63) is 133 Å². The van der Waals surface area contributed by atoms with Crippen LogP contribution in [0, 0.1) is 0 Å². The summed E-state index contributed by atoms with van der Waals surface area (Å²) in [6.07, 6.45) is 3.06. The molecule has 190 valence electrons. The molecule has 1 aliphatic rings. The van der Waals surface area contributed by atoms with Crippen LogP contribution in [0.5, 0.6) is 0 Å². The van der Waals surface area contributed by atoms with Crippen molar-refractivity contribution in [2.45, 2.75) is 19.3 Å². The van der Waals surface area contributed by atoms with Crippen molar-refractivity contribution < 1.29 is 0 Å². The molecule has 0 unspecified atom stereocenters. The lowest BCUT2D eigenvalue weighted by Gasteiger charge is -2.21. The van der Waals surface area contributed by atoms with Crippen molar-refractivity contribution in [1.82, 2.24) is 19.5 Å². The molecule has 4 nitrogen and oxygen atoms in total. The van der Waals surface area contributed by atoms with E-state index >= 15 is 0 Å². The third kappa shape index (κ3) is 3.23. The average molecular weight is 515 g/mol. The Morgan fingerprint density at radius 2 is 1.30 bits per heavy atom. The molecule has 1 aliphatic carbocycles. The number of benzene rings is 5. The quantitative estimate of drug-likeness (QED) is 0.237. The first kappa shape index (κ1) is 22.9. The third-order valence-corrected chi connectivity index (χ3v) is 8.46. The predicted molar refractivity (Wildman–Crippen MR) is 163 cm³/mol. The molecule has 2 aromatic heterocycles. The van der Waals surface area contributed by atoms with Crippen molar-refractivity contribution in [1.29, 1.82) is 0 Å². The summed E-state index contributed by atoms with van der Waals surface area (Å²) >= 11 is 0. The molecular formula is C36H26N4. The van der Waals surface area contributed by atoms with Gasteiger partial charge in [-0.05, 0) is 52.1 Å². The number of hydrogen-bond acceptors (Lipinski definition) is 3. The van der Waals surface area contributed by atoms with Gasteiger partial charge in [0.1, 0.15) is 12.7 Å². The van der Waals surface area contributed by atoms with E-state index in [9.17, 15) is 0 Å². The first-order chi connectivity index (χ1) is 19.6. The van der Waals surface area contributed by atoms with E-state index in [4.69, 9.17) is 0 Å². The molecule has 8 rings (SSSR count). The number of hydrogen-bond donors (Lipinski definition) is 0. The normalized spacial score (nSPS) is 13.4. The maximum Gasteiger partial charge on any atom is 0.162 e. The Kier molecular flexibility index (Phi) is 4.83. The van der Waals surface area contributed by atoms with Gasteiger partial charge in [0.05, 0.1) is 11.0 Å². The second kappa shape index (κ2) is 8.45. The van der Waals surface area contributed by atoms with Gasteiger partial charge in [0.15, 0.2) is 5.82 Å². The second-order valence-electron chi connectivity index (χ2n) is 11.0.